The van der Waals surface area contributed by atoms with Crippen LogP contribution in [0.1, 0.15) is 17.3 Å². The Morgan fingerprint density at radius 1 is 1.35 bits per heavy atom. The van der Waals surface area contributed by atoms with Crippen LogP contribution in [-0.4, -0.2) is 30.7 Å². The first-order valence-corrected chi connectivity index (χ1v) is 6.43. The molecule has 1 rings (SSSR count). The van der Waals surface area contributed by atoms with Gasteiger partial charge in [-0.2, -0.15) is 5.26 Å². The van der Waals surface area contributed by atoms with E-state index < -0.39 is 11.7 Å². The number of Topliss-reactive ketones (excluding diaryl/α,β-unsaturated/α-hetero) is 1. The molecule has 0 fully saturated rings. The Kier molecular flexibility index (Phi) is 6.40. The first-order chi connectivity index (χ1) is 9.58. The number of carbonyl (C=O) groups is 2. The van der Waals surface area contributed by atoms with Crippen molar-refractivity contribution in [2.24, 2.45) is 5.16 Å². The molecule has 1 aromatic rings. The maximum Gasteiger partial charge on any atom is 0.371 e. The van der Waals surface area contributed by atoms with Crippen LogP contribution < -0.4 is 0 Å². The molecule has 0 aliphatic heterocycles. The molecule has 0 unspecified atom stereocenters. The summed E-state index contributed by atoms with van der Waals surface area (Å²) in [5.41, 5.74) is -0.0894. The van der Waals surface area contributed by atoms with E-state index in [0.717, 1.165) is 4.47 Å². The average molecular weight is 339 g/mol. The van der Waals surface area contributed by atoms with Crippen molar-refractivity contribution in [1.82, 2.24) is 0 Å². The lowest BCUT2D eigenvalue weighted by molar-refractivity contribution is -0.135. The maximum atomic E-state index is 11.7. The minimum absolute atomic E-state index is 0.122. The number of rotatable bonds is 6. The summed E-state index contributed by atoms with van der Waals surface area (Å²) < 4.78 is 5.44. The van der Waals surface area contributed by atoms with Crippen LogP contribution in [-0.2, 0) is 14.4 Å². The van der Waals surface area contributed by atoms with Gasteiger partial charge in [0.2, 0.25) is 5.78 Å². The monoisotopic (exact) mass is 338 g/mol. The Hall–Kier alpha value is -2.20. The van der Waals surface area contributed by atoms with Crippen LogP contribution in [0, 0.1) is 11.3 Å². The normalized spacial score (nSPS) is 10.6. The van der Waals surface area contributed by atoms with Gasteiger partial charge < -0.3 is 9.57 Å². The summed E-state index contributed by atoms with van der Waals surface area (Å²) in [5, 5.41) is 12.0. The summed E-state index contributed by atoms with van der Waals surface area (Å²) >= 11 is 3.25. The van der Waals surface area contributed by atoms with E-state index in [4.69, 9.17) is 10.1 Å². The van der Waals surface area contributed by atoms with E-state index in [0.29, 0.717) is 5.56 Å². The molecule has 0 saturated heterocycles. The first kappa shape index (κ1) is 15.9. The van der Waals surface area contributed by atoms with Crippen LogP contribution in [0.4, 0.5) is 0 Å². The van der Waals surface area contributed by atoms with Crippen molar-refractivity contribution in [2.45, 2.75) is 6.92 Å². The second-order valence-electron chi connectivity index (χ2n) is 3.48. The topological polar surface area (TPSA) is 88.8 Å². The summed E-state index contributed by atoms with van der Waals surface area (Å²) in [6.07, 6.45) is 0. The van der Waals surface area contributed by atoms with Gasteiger partial charge in [0.25, 0.3) is 5.71 Å². The van der Waals surface area contributed by atoms with Crippen LogP contribution in [0.3, 0.4) is 0 Å². The zero-order valence-electron chi connectivity index (χ0n) is 10.6. The Balaban J connectivity index is 2.58. The smallest absolute Gasteiger partial charge is 0.371 e. The van der Waals surface area contributed by atoms with Crippen LogP contribution in [0.15, 0.2) is 33.9 Å². The van der Waals surface area contributed by atoms with Gasteiger partial charge >= 0.3 is 5.97 Å². The molecule has 104 valence electrons. The lowest BCUT2D eigenvalue weighted by atomic mass is 10.1. The average Bonchev–Trinajstić information content (AvgIpc) is 2.44. The van der Waals surface area contributed by atoms with Crippen molar-refractivity contribution in [2.75, 3.05) is 13.2 Å². The number of hydrogen-bond acceptors (Lipinski definition) is 6. The highest BCUT2D eigenvalue weighted by atomic mass is 79.9. The number of nitrogens with zero attached hydrogens (tertiary/aromatic N) is 2. The molecule has 0 amide bonds. The predicted molar refractivity (Wildman–Crippen MR) is 74.1 cm³/mol. The second kappa shape index (κ2) is 8.07. The van der Waals surface area contributed by atoms with Gasteiger partial charge in [0.1, 0.15) is 6.07 Å². The zero-order chi connectivity index (χ0) is 15.0. The lowest BCUT2D eigenvalue weighted by Crippen LogP contribution is -2.17. The molecule has 0 atom stereocenters. The van der Waals surface area contributed by atoms with Gasteiger partial charge in [-0.25, -0.2) is 4.79 Å². The first-order valence-electron chi connectivity index (χ1n) is 5.64. The highest BCUT2D eigenvalue weighted by molar-refractivity contribution is 9.10. The molecule has 0 N–H and O–H groups in total. The number of benzene rings is 1. The second-order valence-corrected chi connectivity index (χ2v) is 4.39. The van der Waals surface area contributed by atoms with Crippen molar-refractivity contribution < 1.29 is 19.2 Å². The molecule has 0 spiro atoms. The Labute approximate surface area is 124 Å². The number of ketones is 1. The fraction of sp³-hybridized carbons (Fsp3) is 0.231. The quantitative estimate of drug-likeness (QED) is 0.343. The molecule has 0 bridgehead atoms. The van der Waals surface area contributed by atoms with Gasteiger partial charge in [0.05, 0.1) is 6.61 Å². The van der Waals surface area contributed by atoms with Gasteiger partial charge in [0.15, 0.2) is 6.61 Å². The molecule has 1 aromatic carbocycles. The van der Waals surface area contributed by atoms with Crippen molar-refractivity contribution >= 4 is 33.4 Å². The molecule has 0 aliphatic rings. The molecule has 0 aliphatic carbocycles. The number of nitriles is 1. The van der Waals surface area contributed by atoms with E-state index >= 15 is 0 Å². The van der Waals surface area contributed by atoms with Gasteiger partial charge in [-0.3, -0.25) is 4.79 Å². The van der Waals surface area contributed by atoms with Gasteiger partial charge in [-0.05, 0) is 19.1 Å². The zero-order valence-corrected chi connectivity index (χ0v) is 12.2. The van der Waals surface area contributed by atoms with Crippen molar-refractivity contribution in [3.8, 4) is 6.07 Å². The van der Waals surface area contributed by atoms with Crippen molar-refractivity contribution in [3.05, 3.63) is 34.3 Å². The lowest BCUT2D eigenvalue weighted by Gasteiger charge is -2.01. The summed E-state index contributed by atoms with van der Waals surface area (Å²) in [6, 6.07) is 8.22. The molecule has 6 nitrogen and oxygen atoms in total. The van der Waals surface area contributed by atoms with E-state index in [1.807, 2.05) is 0 Å². The van der Waals surface area contributed by atoms with Crippen LogP contribution in [0.2, 0.25) is 0 Å². The minimum atomic E-state index is -0.883. The van der Waals surface area contributed by atoms with Gasteiger partial charge in [-0.1, -0.05) is 33.2 Å². The SMILES string of the molecule is CCOC(=O)/C(C#N)=N\OCC(=O)c1ccc(Br)cc1. The third kappa shape index (κ3) is 4.82. The summed E-state index contributed by atoms with van der Waals surface area (Å²) in [7, 11) is 0. The molecule has 20 heavy (non-hydrogen) atoms. The van der Waals surface area contributed by atoms with E-state index in [-0.39, 0.29) is 19.0 Å². The highest BCUT2D eigenvalue weighted by Crippen LogP contribution is 2.11. The fourth-order valence-electron chi connectivity index (χ4n) is 1.18. The number of esters is 1. The van der Waals surface area contributed by atoms with Gasteiger partial charge in [-0.15, -0.1) is 0 Å². The van der Waals surface area contributed by atoms with E-state index in [1.165, 1.54) is 0 Å². The third-order valence-corrected chi connectivity index (χ3v) is 2.62. The van der Waals surface area contributed by atoms with Crippen LogP contribution in [0.5, 0.6) is 0 Å². The Bertz CT molecular complexity index is 561. The molecular formula is C13H11BrN2O4. The van der Waals surface area contributed by atoms with Gasteiger partial charge in [0, 0.05) is 10.0 Å². The largest absolute Gasteiger partial charge is 0.461 e. The van der Waals surface area contributed by atoms with Crippen molar-refractivity contribution in [1.29, 1.82) is 5.26 Å². The summed E-state index contributed by atoms with van der Waals surface area (Å²) in [4.78, 5) is 27.6. The standard InChI is InChI=1S/C13H11BrN2O4/c1-2-19-13(18)11(7-15)16-20-8-12(17)9-3-5-10(14)6-4-9/h3-6H,2,8H2,1H3/b16-11-. The fourth-order valence-corrected chi connectivity index (χ4v) is 1.44. The number of hydrogen-bond donors (Lipinski definition) is 0. The van der Waals surface area contributed by atoms with E-state index in [2.05, 4.69) is 25.8 Å². The molecule has 0 heterocycles. The Morgan fingerprint density at radius 2 is 2.00 bits per heavy atom. The van der Waals surface area contributed by atoms with Crippen LogP contribution >= 0.6 is 15.9 Å². The Morgan fingerprint density at radius 3 is 2.55 bits per heavy atom. The molecule has 0 saturated carbocycles. The number of ether oxygens (including phenoxy) is 1. The third-order valence-electron chi connectivity index (χ3n) is 2.09. The predicted octanol–water partition coefficient (Wildman–Crippen LogP) is 2.09. The minimum Gasteiger partial charge on any atom is -0.461 e. The number of halogens is 1. The molecular weight excluding hydrogens is 328 g/mol. The molecule has 7 heteroatoms. The molecule has 0 aromatic heterocycles. The van der Waals surface area contributed by atoms with E-state index in [1.54, 1.807) is 37.3 Å². The van der Waals surface area contributed by atoms with Crippen molar-refractivity contribution in [3.63, 3.8) is 0 Å². The molecule has 0 radical (unpaired) electrons. The highest BCUT2D eigenvalue weighted by Gasteiger charge is 2.13. The van der Waals surface area contributed by atoms with Crippen LogP contribution in [0.25, 0.3) is 0 Å². The number of oxime groups is 1. The van der Waals surface area contributed by atoms with E-state index in [9.17, 15) is 9.59 Å². The summed E-state index contributed by atoms with van der Waals surface area (Å²) in [5.74, 6) is -1.20. The summed E-state index contributed by atoms with van der Waals surface area (Å²) in [6.45, 7) is 1.36. The number of carbonyl (C=O) groups excluding carboxylic acids is 2. The maximum absolute atomic E-state index is 11.7.